The van der Waals surface area contributed by atoms with Gasteiger partial charge in [-0.3, -0.25) is 4.90 Å². The Bertz CT molecular complexity index is 1030. The van der Waals surface area contributed by atoms with Crippen LogP contribution in [0.4, 0.5) is 0 Å². The van der Waals surface area contributed by atoms with Gasteiger partial charge in [-0.05, 0) is 35.7 Å². The van der Waals surface area contributed by atoms with Crippen molar-refractivity contribution in [2.45, 2.75) is 26.4 Å². The van der Waals surface area contributed by atoms with Gasteiger partial charge >= 0.3 is 5.63 Å². The van der Waals surface area contributed by atoms with Crippen molar-refractivity contribution in [2.75, 3.05) is 6.73 Å². The molecule has 4 rings (SSSR count). The van der Waals surface area contributed by atoms with E-state index in [4.69, 9.17) is 32.4 Å². The summed E-state index contributed by atoms with van der Waals surface area (Å²) < 4.78 is 11.4. The lowest BCUT2D eigenvalue weighted by Gasteiger charge is -2.30. The molecule has 1 aliphatic rings. The van der Waals surface area contributed by atoms with Gasteiger partial charge in [0.15, 0.2) is 0 Å². The number of hydrogen-bond acceptors (Lipinski definition) is 4. The number of nitrogens with zero attached hydrogens (tertiary/aromatic N) is 1. The lowest BCUT2D eigenvalue weighted by molar-refractivity contribution is 0.0890. The van der Waals surface area contributed by atoms with E-state index < -0.39 is 0 Å². The summed E-state index contributed by atoms with van der Waals surface area (Å²) in [6.07, 6.45) is 0.729. The predicted molar refractivity (Wildman–Crippen MR) is 103 cm³/mol. The van der Waals surface area contributed by atoms with Crippen molar-refractivity contribution in [3.05, 3.63) is 73.6 Å². The van der Waals surface area contributed by atoms with Crippen LogP contribution in [0, 0.1) is 0 Å². The second-order valence-corrected chi connectivity index (χ2v) is 7.22. The zero-order valence-corrected chi connectivity index (χ0v) is 15.7. The molecule has 2 aromatic carbocycles. The van der Waals surface area contributed by atoms with E-state index in [1.54, 1.807) is 0 Å². The number of benzene rings is 2. The zero-order valence-electron chi connectivity index (χ0n) is 14.2. The van der Waals surface area contributed by atoms with E-state index >= 15 is 0 Å². The van der Waals surface area contributed by atoms with E-state index in [0.717, 1.165) is 28.5 Å². The average molecular weight is 390 g/mol. The molecule has 26 heavy (non-hydrogen) atoms. The molecule has 0 saturated heterocycles. The SMILES string of the molecule is CCc1cc(=O)oc2c3c(c(Cl)cc12)OCN(Cc1ccc(Cl)cc1)C3. The maximum absolute atomic E-state index is 12.0. The van der Waals surface area contributed by atoms with Crippen molar-refractivity contribution in [3.63, 3.8) is 0 Å². The molecule has 0 N–H and O–H groups in total. The largest absolute Gasteiger partial charge is 0.476 e. The maximum Gasteiger partial charge on any atom is 0.336 e. The highest BCUT2D eigenvalue weighted by Crippen LogP contribution is 2.39. The molecule has 0 unspecified atom stereocenters. The molecule has 0 spiro atoms. The highest BCUT2D eigenvalue weighted by molar-refractivity contribution is 6.33. The summed E-state index contributed by atoms with van der Waals surface area (Å²) in [5.74, 6) is 0.600. The third kappa shape index (κ3) is 3.20. The fourth-order valence-electron chi connectivity index (χ4n) is 3.34. The molecular weight excluding hydrogens is 373 g/mol. The Morgan fingerprint density at radius 2 is 1.92 bits per heavy atom. The van der Waals surface area contributed by atoms with E-state index in [-0.39, 0.29) is 5.63 Å². The van der Waals surface area contributed by atoms with Crippen LogP contribution in [-0.2, 0) is 19.5 Å². The molecular formula is C20H17Cl2NO3. The van der Waals surface area contributed by atoms with Crippen molar-refractivity contribution < 1.29 is 9.15 Å². The van der Waals surface area contributed by atoms with Gasteiger partial charge < -0.3 is 9.15 Å². The topological polar surface area (TPSA) is 42.7 Å². The molecule has 0 radical (unpaired) electrons. The Labute approximate surface area is 160 Å². The Morgan fingerprint density at radius 1 is 1.15 bits per heavy atom. The van der Waals surface area contributed by atoms with E-state index in [1.807, 2.05) is 37.3 Å². The van der Waals surface area contributed by atoms with Crippen molar-refractivity contribution in [1.82, 2.24) is 4.90 Å². The Hall–Kier alpha value is -2.01. The molecule has 1 aliphatic heterocycles. The number of aryl methyl sites for hydroxylation is 1. The lowest BCUT2D eigenvalue weighted by atomic mass is 10.0. The summed E-state index contributed by atoms with van der Waals surface area (Å²) in [6.45, 7) is 3.71. The lowest BCUT2D eigenvalue weighted by Crippen LogP contribution is -2.32. The van der Waals surface area contributed by atoms with Gasteiger partial charge in [-0.2, -0.15) is 0 Å². The normalized spacial score (nSPS) is 14.3. The fourth-order valence-corrected chi connectivity index (χ4v) is 3.74. The van der Waals surface area contributed by atoms with Crippen LogP contribution in [0.1, 0.15) is 23.6 Å². The number of ether oxygens (including phenoxy) is 1. The molecule has 0 amide bonds. The first-order valence-electron chi connectivity index (χ1n) is 8.43. The highest BCUT2D eigenvalue weighted by Gasteiger charge is 2.25. The van der Waals surface area contributed by atoms with Crippen LogP contribution in [0.3, 0.4) is 0 Å². The Morgan fingerprint density at radius 3 is 2.65 bits per heavy atom. The maximum atomic E-state index is 12.0. The summed E-state index contributed by atoms with van der Waals surface area (Å²) in [5.41, 5.74) is 3.09. The number of fused-ring (bicyclic) bond motifs is 3. The van der Waals surface area contributed by atoms with Crippen molar-refractivity contribution in [3.8, 4) is 5.75 Å². The molecule has 0 atom stereocenters. The van der Waals surface area contributed by atoms with Crippen LogP contribution in [0.15, 0.2) is 45.6 Å². The summed E-state index contributed by atoms with van der Waals surface area (Å²) in [6, 6.07) is 11.1. The summed E-state index contributed by atoms with van der Waals surface area (Å²) in [4.78, 5) is 14.1. The fraction of sp³-hybridized carbons (Fsp3) is 0.250. The molecule has 1 aromatic heterocycles. The molecule has 134 valence electrons. The average Bonchev–Trinajstić information content (AvgIpc) is 2.64. The first-order valence-corrected chi connectivity index (χ1v) is 9.18. The van der Waals surface area contributed by atoms with Gasteiger partial charge in [0, 0.05) is 29.6 Å². The molecule has 0 fully saturated rings. The van der Waals surface area contributed by atoms with Gasteiger partial charge in [-0.15, -0.1) is 0 Å². The molecule has 3 aromatic rings. The van der Waals surface area contributed by atoms with Gasteiger partial charge in [0.1, 0.15) is 18.1 Å². The predicted octanol–water partition coefficient (Wildman–Crippen LogP) is 5.01. The van der Waals surface area contributed by atoms with Gasteiger partial charge in [0.05, 0.1) is 10.6 Å². The molecule has 6 heteroatoms. The van der Waals surface area contributed by atoms with Crippen molar-refractivity contribution in [1.29, 1.82) is 0 Å². The molecule has 0 aliphatic carbocycles. The van der Waals surface area contributed by atoms with Crippen LogP contribution in [0.25, 0.3) is 11.0 Å². The van der Waals surface area contributed by atoms with Gasteiger partial charge in [0.2, 0.25) is 0 Å². The minimum absolute atomic E-state index is 0.353. The highest BCUT2D eigenvalue weighted by atomic mass is 35.5. The van der Waals surface area contributed by atoms with E-state index in [0.29, 0.717) is 41.2 Å². The third-order valence-corrected chi connectivity index (χ3v) is 5.13. The second kappa shape index (κ2) is 6.95. The molecule has 0 saturated carbocycles. The van der Waals surface area contributed by atoms with E-state index in [2.05, 4.69) is 4.90 Å². The second-order valence-electron chi connectivity index (χ2n) is 6.37. The van der Waals surface area contributed by atoms with E-state index in [9.17, 15) is 4.79 Å². The third-order valence-electron chi connectivity index (χ3n) is 4.59. The summed E-state index contributed by atoms with van der Waals surface area (Å²) in [7, 11) is 0. The summed E-state index contributed by atoms with van der Waals surface area (Å²) >= 11 is 12.4. The van der Waals surface area contributed by atoms with Gasteiger partial charge in [-0.25, -0.2) is 4.79 Å². The van der Waals surface area contributed by atoms with Crippen LogP contribution in [0.5, 0.6) is 5.75 Å². The number of rotatable bonds is 3. The Balaban J connectivity index is 1.75. The first-order chi connectivity index (χ1) is 12.5. The Kier molecular flexibility index (Phi) is 4.65. The monoisotopic (exact) mass is 389 g/mol. The van der Waals surface area contributed by atoms with E-state index in [1.165, 1.54) is 6.07 Å². The van der Waals surface area contributed by atoms with Crippen LogP contribution >= 0.6 is 23.2 Å². The summed E-state index contributed by atoms with van der Waals surface area (Å²) in [5, 5.41) is 2.12. The molecule has 2 heterocycles. The molecule has 4 nitrogen and oxygen atoms in total. The molecule has 0 bridgehead atoms. The minimum atomic E-state index is -0.353. The smallest absolute Gasteiger partial charge is 0.336 e. The number of hydrogen-bond donors (Lipinski definition) is 0. The zero-order chi connectivity index (χ0) is 18.3. The van der Waals surface area contributed by atoms with Crippen LogP contribution < -0.4 is 10.4 Å². The first kappa shape index (κ1) is 17.4. The van der Waals surface area contributed by atoms with Crippen LogP contribution in [0.2, 0.25) is 10.0 Å². The quantitative estimate of drug-likeness (QED) is 0.590. The van der Waals surface area contributed by atoms with Gasteiger partial charge in [-0.1, -0.05) is 42.3 Å². The van der Waals surface area contributed by atoms with Crippen LogP contribution in [-0.4, -0.2) is 11.6 Å². The minimum Gasteiger partial charge on any atom is -0.476 e. The standard InChI is InChI=1S/C20H17Cl2NO3/c1-2-13-7-18(24)26-19-15(13)8-17(22)20-16(19)10-23(11-25-20)9-12-3-5-14(21)6-4-12/h3-8H,2,9-11H2,1H3. The van der Waals surface area contributed by atoms with Crippen molar-refractivity contribution >= 4 is 34.2 Å². The number of halogens is 2. The van der Waals surface area contributed by atoms with Gasteiger partial charge in [0.25, 0.3) is 0 Å². The van der Waals surface area contributed by atoms with Crippen molar-refractivity contribution in [2.24, 2.45) is 0 Å².